The molecule has 0 spiro atoms. The van der Waals surface area contributed by atoms with Crippen molar-refractivity contribution in [3.63, 3.8) is 0 Å². The summed E-state index contributed by atoms with van der Waals surface area (Å²) in [5.74, 6) is -0.476. The molecular formula is C30H44O5. The number of fused-ring (bicyclic) bond motifs is 7. The minimum atomic E-state index is -0.780. The van der Waals surface area contributed by atoms with Crippen LogP contribution in [0.1, 0.15) is 99.3 Å². The maximum absolute atomic E-state index is 14.2. The topological polar surface area (TPSA) is 91.7 Å². The Hall–Kier alpha value is -1.49. The minimum Gasteiger partial charge on any atom is -0.481 e. The molecule has 0 aromatic heterocycles. The van der Waals surface area contributed by atoms with Gasteiger partial charge in [0.05, 0.1) is 17.4 Å². The third-order valence-electron chi connectivity index (χ3n) is 13.0. The van der Waals surface area contributed by atoms with Gasteiger partial charge < -0.3 is 10.2 Å². The number of aliphatic hydroxyl groups is 1. The first-order valence-corrected chi connectivity index (χ1v) is 13.7. The molecule has 5 aliphatic carbocycles. The predicted octanol–water partition coefficient (Wildman–Crippen LogP) is 5.59. The highest BCUT2D eigenvalue weighted by atomic mass is 16.4. The maximum atomic E-state index is 14.2. The van der Waals surface area contributed by atoms with Crippen molar-refractivity contribution in [2.45, 2.75) is 99.3 Å². The number of ketones is 2. The Bertz CT molecular complexity index is 1030. The van der Waals surface area contributed by atoms with Gasteiger partial charge >= 0.3 is 5.97 Å². The van der Waals surface area contributed by atoms with Gasteiger partial charge in [0.15, 0.2) is 5.78 Å². The molecule has 9 atom stereocenters. The molecule has 0 amide bonds. The van der Waals surface area contributed by atoms with Crippen LogP contribution in [0.5, 0.6) is 0 Å². The monoisotopic (exact) mass is 484 g/mol. The summed E-state index contributed by atoms with van der Waals surface area (Å²) in [6.07, 6.45) is 9.05. The summed E-state index contributed by atoms with van der Waals surface area (Å²) in [6, 6.07) is 0. The van der Waals surface area contributed by atoms with E-state index in [1.807, 2.05) is 19.9 Å². The van der Waals surface area contributed by atoms with Gasteiger partial charge in [-0.1, -0.05) is 40.2 Å². The average molecular weight is 485 g/mol. The summed E-state index contributed by atoms with van der Waals surface area (Å²) < 4.78 is 0. The minimum absolute atomic E-state index is 0.000615. The van der Waals surface area contributed by atoms with Crippen LogP contribution in [0.4, 0.5) is 0 Å². The van der Waals surface area contributed by atoms with Crippen LogP contribution in [0.25, 0.3) is 0 Å². The lowest BCUT2D eigenvalue weighted by atomic mass is 9.33. The Balaban J connectivity index is 1.63. The number of hydrogen-bond acceptors (Lipinski definition) is 4. The van der Waals surface area contributed by atoms with E-state index < -0.39 is 16.8 Å². The predicted molar refractivity (Wildman–Crippen MR) is 133 cm³/mol. The summed E-state index contributed by atoms with van der Waals surface area (Å²) in [7, 11) is 0. The second-order valence-electron chi connectivity index (χ2n) is 14.6. The summed E-state index contributed by atoms with van der Waals surface area (Å²) in [6.45, 7) is 12.8. The number of carboxylic acids is 1. The quantitative estimate of drug-likeness (QED) is 0.533. The van der Waals surface area contributed by atoms with Crippen LogP contribution >= 0.6 is 0 Å². The lowest BCUT2D eigenvalue weighted by Crippen LogP contribution is -2.67. The molecule has 0 aromatic carbocycles. The van der Waals surface area contributed by atoms with Gasteiger partial charge in [-0.15, -0.1) is 0 Å². The largest absolute Gasteiger partial charge is 0.481 e. The van der Waals surface area contributed by atoms with E-state index in [1.54, 1.807) is 0 Å². The van der Waals surface area contributed by atoms with Crippen molar-refractivity contribution < 1.29 is 24.6 Å². The molecule has 0 aliphatic heterocycles. The van der Waals surface area contributed by atoms with E-state index in [2.05, 4.69) is 27.7 Å². The Morgan fingerprint density at radius 1 is 0.971 bits per heavy atom. The number of Topliss-reactive ketones (excluding diaryl/α,β-unsaturated/α-hetero) is 1. The molecule has 35 heavy (non-hydrogen) atoms. The lowest BCUT2D eigenvalue weighted by molar-refractivity contribution is -0.193. The van der Waals surface area contributed by atoms with Crippen molar-refractivity contribution in [2.24, 2.45) is 50.2 Å². The zero-order chi connectivity index (χ0) is 25.8. The van der Waals surface area contributed by atoms with Crippen molar-refractivity contribution in [1.29, 1.82) is 0 Å². The fraction of sp³-hybridized carbons (Fsp3) is 0.833. The van der Waals surface area contributed by atoms with Gasteiger partial charge in [-0.05, 0) is 97.9 Å². The molecule has 0 heterocycles. The Kier molecular flexibility index (Phi) is 5.25. The van der Waals surface area contributed by atoms with Crippen LogP contribution in [-0.4, -0.2) is 34.4 Å². The molecule has 0 bridgehead atoms. The van der Waals surface area contributed by atoms with Crippen molar-refractivity contribution >= 4 is 17.5 Å². The summed E-state index contributed by atoms with van der Waals surface area (Å²) >= 11 is 0. The van der Waals surface area contributed by atoms with E-state index in [-0.39, 0.29) is 57.6 Å². The number of aliphatic carboxylic acids is 1. The molecule has 5 rings (SSSR count). The molecule has 5 nitrogen and oxygen atoms in total. The second kappa shape index (κ2) is 7.30. The van der Waals surface area contributed by atoms with E-state index in [4.69, 9.17) is 0 Å². The third-order valence-corrected chi connectivity index (χ3v) is 13.0. The van der Waals surface area contributed by atoms with Gasteiger partial charge in [0.1, 0.15) is 5.78 Å². The van der Waals surface area contributed by atoms with E-state index in [9.17, 15) is 24.6 Å². The number of aliphatic hydroxyl groups excluding tert-OH is 1. The van der Waals surface area contributed by atoms with Crippen molar-refractivity contribution in [1.82, 2.24) is 0 Å². The van der Waals surface area contributed by atoms with Crippen LogP contribution in [0.15, 0.2) is 11.6 Å². The highest BCUT2D eigenvalue weighted by molar-refractivity contribution is 5.96. The molecule has 0 unspecified atom stereocenters. The fourth-order valence-corrected chi connectivity index (χ4v) is 10.2. The lowest BCUT2D eigenvalue weighted by Gasteiger charge is -2.70. The first-order chi connectivity index (χ1) is 16.1. The molecule has 4 fully saturated rings. The van der Waals surface area contributed by atoms with Crippen molar-refractivity contribution in [3.8, 4) is 0 Å². The number of carboxylic acid groups (broad SMARTS) is 1. The zero-order valence-electron chi connectivity index (χ0n) is 22.5. The molecule has 0 saturated heterocycles. The van der Waals surface area contributed by atoms with Gasteiger partial charge in [-0.25, -0.2) is 0 Å². The number of allylic oxidation sites excluding steroid dienone is 2. The summed E-state index contributed by atoms with van der Waals surface area (Å²) in [4.78, 5) is 39.4. The highest BCUT2D eigenvalue weighted by Crippen LogP contribution is 2.74. The van der Waals surface area contributed by atoms with E-state index in [0.29, 0.717) is 25.7 Å². The van der Waals surface area contributed by atoms with E-state index >= 15 is 0 Å². The molecular weight excluding hydrogens is 440 g/mol. The van der Waals surface area contributed by atoms with Gasteiger partial charge in [-0.2, -0.15) is 0 Å². The van der Waals surface area contributed by atoms with E-state index in [1.165, 1.54) is 5.57 Å². The van der Waals surface area contributed by atoms with Crippen LogP contribution < -0.4 is 0 Å². The number of hydrogen-bond donors (Lipinski definition) is 2. The van der Waals surface area contributed by atoms with Gasteiger partial charge in [-0.3, -0.25) is 14.4 Å². The first-order valence-electron chi connectivity index (χ1n) is 13.7. The normalized spacial score (nSPS) is 53.6. The zero-order valence-corrected chi connectivity index (χ0v) is 22.5. The maximum Gasteiger partial charge on any atom is 0.309 e. The second-order valence-corrected chi connectivity index (χ2v) is 14.6. The standard InChI is InChI=1S/C30H44O5/c1-25-11-12-26(2,24(34)35)16-19(25)18-15-20(32)23-27(3)9-8-22(33)28(4,17-31)21(27)7-10-30(23,6)29(18,5)14-13-25/h15,19,21,23,31H,7-14,16-17H2,1-6H3,(H,34,35)/t19-,21+,23+,25+,26-,27-,28-,29+,30+/m0/s1. The molecule has 5 aliphatic rings. The highest BCUT2D eigenvalue weighted by Gasteiger charge is 2.70. The van der Waals surface area contributed by atoms with Crippen LogP contribution in [-0.2, 0) is 14.4 Å². The number of carbonyl (C=O) groups is 3. The molecule has 0 radical (unpaired) electrons. The molecule has 0 aromatic rings. The Morgan fingerprint density at radius 2 is 1.63 bits per heavy atom. The Morgan fingerprint density at radius 3 is 2.26 bits per heavy atom. The van der Waals surface area contributed by atoms with Crippen LogP contribution in [0.2, 0.25) is 0 Å². The van der Waals surface area contributed by atoms with Gasteiger partial charge in [0.2, 0.25) is 0 Å². The van der Waals surface area contributed by atoms with Crippen LogP contribution in [0.3, 0.4) is 0 Å². The average Bonchev–Trinajstić information content (AvgIpc) is 2.79. The smallest absolute Gasteiger partial charge is 0.309 e. The number of carbonyl (C=O) groups excluding carboxylic acids is 2. The Labute approximate surface area is 210 Å². The third kappa shape index (κ3) is 2.94. The van der Waals surface area contributed by atoms with E-state index in [0.717, 1.165) is 32.1 Å². The SMILES string of the molecule is C[C@]1(C(=O)O)CC[C@]2(C)CC[C@]3(C)C(=CC(=O)[C@@H]4[C@@]5(C)CCC(=O)[C@@](C)(CO)[C@@H]5CC[C@]43C)[C@@H]2C1. The summed E-state index contributed by atoms with van der Waals surface area (Å²) in [5.41, 5.74) is -1.02. The fourth-order valence-electron chi connectivity index (χ4n) is 10.2. The van der Waals surface area contributed by atoms with Gasteiger partial charge in [0.25, 0.3) is 0 Å². The van der Waals surface area contributed by atoms with Crippen molar-refractivity contribution in [3.05, 3.63) is 11.6 Å². The molecule has 2 N–H and O–H groups in total. The molecule has 4 saturated carbocycles. The van der Waals surface area contributed by atoms with Crippen LogP contribution in [0, 0.1) is 50.2 Å². The molecule has 194 valence electrons. The van der Waals surface area contributed by atoms with Crippen molar-refractivity contribution in [2.75, 3.05) is 6.61 Å². The van der Waals surface area contributed by atoms with Gasteiger partial charge in [0, 0.05) is 12.3 Å². The first kappa shape index (κ1) is 25.2. The number of rotatable bonds is 2. The molecule has 5 heteroatoms. The summed E-state index contributed by atoms with van der Waals surface area (Å²) in [5, 5.41) is 20.4.